The highest BCUT2D eigenvalue weighted by Gasteiger charge is 2.12. The number of furan rings is 1. The standard InChI is InChI=1S/C13H11ClN2O3/c1-18-12-5-4-9(14)7-11(12)13(17)16-15-8-10-3-2-6-19-10/h2-8H,1H3,(H,16,17). The van der Waals surface area contributed by atoms with Gasteiger partial charge in [0, 0.05) is 5.02 Å². The van der Waals surface area contributed by atoms with Crippen molar-refractivity contribution in [2.75, 3.05) is 7.11 Å². The van der Waals surface area contributed by atoms with Crippen LogP contribution in [0.5, 0.6) is 5.75 Å². The number of nitrogens with one attached hydrogen (secondary N) is 1. The summed E-state index contributed by atoms with van der Waals surface area (Å²) in [6.45, 7) is 0. The van der Waals surface area contributed by atoms with Crippen molar-refractivity contribution < 1.29 is 13.9 Å². The number of nitrogens with zero attached hydrogens (tertiary/aromatic N) is 1. The lowest BCUT2D eigenvalue weighted by Crippen LogP contribution is -2.18. The zero-order chi connectivity index (χ0) is 13.7. The number of halogens is 1. The Morgan fingerprint density at radius 3 is 3.00 bits per heavy atom. The summed E-state index contributed by atoms with van der Waals surface area (Å²) in [7, 11) is 1.48. The number of benzene rings is 1. The molecule has 6 heteroatoms. The third kappa shape index (κ3) is 3.35. The van der Waals surface area contributed by atoms with E-state index in [1.165, 1.54) is 25.7 Å². The van der Waals surface area contributed by atoms with Gasteiger partial charge in [-0.15, -0.1) is 0 Å². The Morgan fingerprint density at radius 1 is 1.47 bits per heavy atom. The first-order chi connectivity index (χ1) is 9.20. The summed E-state index contributed by atoms with van der Waals surface area (Å²) in [4.78, 5) is 11.9. The van der Waals surface area contributed by atoms with E-state index in [0.717, 1.165) is 0 Å². The van der Waals surface area contributed by atoms with Gasteiger partial charge < -0.3 is 9.15 Å². The number of hydrogen-bond acceptors (Lipinski definition) is 4. The van der Waals surface area contributed by atoms with Crippen LogP contribution in [0, 0.1) is 0 Å². The van der Waals surface area contributed by atoms with Gasteiger partial charge in [-0.3, -0.25) is 4.79 Å². The van der Waals surface area contributed by atoms with Gasteiger partial charge in [-0.2, -0.15) is 5.10 Å². The molecule has 0 atom stereocenters. The van der Waals surface area contributed by atoms with Gasteiger partial charge in [0.05, 0.1) is 25.2 Å². The zero-order valence-corrected chi connectivity index (χ0v) is 10.8. The molecule has 0 saturated carbocycles. The first-order valence-electron chi connectivity index (χ1n) is 5.41. The third-order valence-corrected chi connectivity index (χ3v) is 2.54. The fourth-order valence-electron chi connectivity index (χ4n) is 1.44. The molecule has 19 heavy (non-hydrogen) atoms. The van der Waals surface area contributed by atoms with E-state index >= 15 is 0 Å². The van der Waals surface area contributed by atoms with Gasteiger partial charge in [-0.1, -0.05) is 11.6 Å². The monoisotopic (exact) mass is 278 g/mol. The lowest BCUT2D eigenvalue weighted by atomic mass is 10.2. The van der Waals surface area contributed by atoms with E-state index in [1.54, 1.807) is 24.3 Å². The molecule has 1 amide bonds. The van der Waals surface area contributed by atoms with Gasteiger partial charge in [0.1, 0.15) is 11.5 Å². The Kier molecular flexibility index (Phi) is 4.20. The minimum atomic E-state index is -0.415. The fourth-order valence-corrected chi connectivity index (χ4v) is 1.61. The van der Waals surface area contributed by atoms with Crippen molar-refractivity contribution in [3.63, 3.8) is 0 Å². The summed E-state index contributed by atoms with van der Waals surface area (Å²) in [6.07, 6.45) is 2.91. The molecule has 2 rings (SSSR count). The molecule has 0 fully saturated rings. The van der Waals surface area contributed by atoms with Gasteiger partial charge in [-0.25, -0.2) is 5.43 Å². The summed E-state index contributed by atoms with van der Waals surface area (Å²) in [5, 5.41) is 4.22. The minimum absolute atomic E-state index is 0.312. The van der Waals surface area contributed by atoms with Gasteiger partial charge in [0.15, 0.2) is 0 Å². The maximum absolute atomic E-state index is 11.9. The molecule has 0 saturated heterocycles. The van der Waals surface area contributed by atoms with Gasteiger partial charge >= 0.3 is 0 Å². The summed E-state index contributed by atoms with van der Waals surface area (Å²) < 4.78 is 10.1. The first-order valence-corrected chi connectivity index (χ1v) is 5.79. The number of hydrogen-bond donors (Lipinski definition) is 1. The van der Waals surface area contributed by atoms with Gasteiger partial charge in [0.2, 0.25) is 0 Å². The molecule has 1 aromatic heterocycles. The summed E-state index contributed by atoms with van der Waals surface area (Å²) in [5.74, 6) is 0.551. The van der Waals surface area contributed by atoms with E-state index in [1.807, 2.05) is 0 Å². The number of ether oxygens (including phenoxy) is 1. The molecule has 0 radical (unpaired) electrons. The second-order valence-electron chi connectivity index (χ2n) is 3.56. The molecule has 0 unspecified atom stereocenters. The molecule has 0 aliphatic rings. The van der Waals surface area contributed by atoms with Crippen LogP contribution < -0.4 is 10.2 Å². The lowest BCUT2D eigenvalue weighted by molar-refractivity contribution is 0.0952. The molecular weight excluding hydrogens is 268 g/mol. The maximum Gasteiger partial charge on any atom is 0.275 e. The van der Waals surface area contributed by atoms with Crippen LogP contribution in [0.3, 0.4) is 0 Å². The predicted octanol–water partition coefficient (Wildman–Crippen LogP) is 2.71. The van der Waals surface area contributed by atoms with Crippen molar-refractivity contribution in [1.29, 1.82) is 0 Å². The molecule has 0 aliphatic heterocycles. The van der Waals surface area contributed by atoms with Crippen LogP contribution in [-0.4, -0.2) is 19.2 Å². The second-order valence-corrected chi connectivity index (χ2v) is 4.00. The summed E-state index contributed by atoms with van der Waals surface area (Å²) in [5.41, 5.74) is 2.68. The highest BCUT2D eigenvalue weighted by molar-refractivity contribution is 6.31. The molecule has 0 bridgehead atoms. The van der Waals surface area contributed by atoms with E-state index in [4.69, 9.17) is 20.8 Å². The van der Waals surface area contributed by atoms with Crippen molar-refractivity contribution in [3.8, 4) is 5.75 Å². The van der Waals surface area contributed by atoms with Crippen LogP contribution in [-0.2, 0) is 0 Å². The molecule has 2 aromatic rings. The third-order valence-electron chi connectivity index (χ3n) is 2.31. The number of carbonyl (C=O) groups is 1. The maximum atomic E-state index is 11.9. The Hall–Kier alpha value is -2.27. The SMILES string of the molecule is COc1ccc(Cl)cc1C(=O)NN=Cc1ccco1. The predicted molar refractivity (Wildman–Crippen MR) is 71.8 cm³/mol. The van der Waals surface area contributed by atoms with Crippen molar-refractivity contribution >= 4 is 23.7 Å². The van der Waals surface area contributed by atoms with Crippen LogP contribution >= 0.6 is 11.6 Å². The van der Waals surface area contributed by atoms with Gasteiger partial charge in [-0.05, 0) is 30.3 Å². The highest BCUT2D eigenvalue weighted by atomic mass is 35.5. The van der Waals surface area contributed by atoms with E-state index in [9.17, 15) is 4.79 Å². The van der Waals surface area contributed by atoms with Crippen molar-refractivity contribution in [2.24, 2.45) is 5.10 Å². The average Bonchev–Trinajstić information content (AvgIpc) is 2.91. The number of hydrazone groups is 1. The molecular formula is C13H11ClN2O3. The van der Waals surface area contributed by atoms with Crippen molar-refractivity contribution in [1.82, 2.24) is 5.43 Å². The van der Waals surface area contributed by atoms with Crippen molar-refractivity contribution in [2.45, 2.75) is 0 Å². The Balaban J connectivity index is 2.09. The largest absolute Gasteiger partial charge is 0.496 e. The van der Waals surface area contributed by atoms with Crippen LogP contribution in [0.25, 0.3) is 0 Å². The number of carbonyl (C=O) groups excluding carboxylic acids is 1. The molecule has 1 N–H and O–H groups in total. The Labute approximate surface area is 114 Å². The molecule has 1 aromatic carbocycles. The second kappa shape index (κ2) is 6.06. The Bertz CT molecular complexity index is 594. The highest BCUT2D eigenvalue weighted by Crippen LogP contribution is 2.22. The van der Waals surface area contributed by atoms with E-state index < -0.39 is 5.91 Å². The van der Waals surface area contributed by atoms with Crippen LogP contribution in [0.15, 0.2) is 46.1 Å². The zero-order valence-electron chi connectivity index (χ0n) is 10.1. The van der Waals surface area contributed by atoms with E-state index in [-0.39, 0.29) is 0 Å². The molecule has 1 heterocycles. The smallest absolute Gasteiger partial charge is 0.275 e. The normalized spacial score (nSPS) is 10.6. The molecule has 0 spiro atoms. The molecule has 5 nitrogen and oxygen atoms in total. The van der Waals surface area contributed by atoms with Crippen LogP contribution in [0.4, 0.5) is 0 Å². The minimum Gasteiger partial charge on any atom is -0.496 e. The first kappa shape index (κ1) is 13.2. The summed E-state index contributed by atoms with van der Waals surface area (Å²) in [6, 6.07) is 8.22. The van der Waals surface area contributed by atoms with Crippen LogP contribution in [0.2, 0.25) is 5.02 Å². The number of methoxy groups -OCH3 is 1. The Morgan fingerprint density at radius 2 is 2.32 bits per heavy atom. The number of amides is 1. The van der Waals surface area contributed by atoms with E-state index in [0.29, 0.717) is 22.1 Å². The molecule has 0 aliphatic carbocycles. The van der Waals surface area contributed by atoms with E-state index in [2.05, 4.69) is 10.5 Å². The van der Waals surface area contributed by atoms with Crippen molar-refractivity contribution in [3.05, 3.63) is 52.9 Å². The molecule has 98 valence electrons. The fraction of sp³-hybridized carbons (Fsp3) is 0.0769. The lowest BCUT2D eigenvalue weighted by Gasteiger charge is -2.06. The van der Waals surface area contributed by atoms with Gasteiger partial charge in [0.25, 0.3) is 5.91 Å². The summed E-state index contributed by atoms with van der Waals surface area (Å²) >= 11 is 5.84. The average molecular weight is 279 g/mol. The number of rotatable bonds is 4. The quantitative estimate of drug-likeness (QED) is 0.691. The van der Waals surface area contributed by atoms with Crippen LogP contribution in [0.1, 0.15) is 16.1 Å². The topological polar surface area (TPSA) is 63.8 Å².